The van der Waals surface area contributed by atoms with Crippen LogP contribution in [0.25, 0.3) is 11.7 Å². The lowest BCUT2D eigenvalue weighted by molar-refractivity contribution is -0.122. The number of amides is 1. The van der Waals surface area contributed by atoms with Crippen LogP contribution in [0.2, 0.25) is 0 Å². The molecule has 2 aromatic rings. The molecular weight excluding hydrogens is 537 g/mol. The van der Waals surface area contributed by atoms with E-state index in [1.807, 2.05) is 19.1 Å². The highest BCUT2D eigenvalue weighted by molar-refractivity contribution is 8.26. The number of aromatic nitrogens is 2. The van der Waals surface area contributed by atoms with Gasteiger partial charge in [0.25, 0.3) is 11.5 Å². The standard InChI is InChI=1S/C32H46N4O2S2/c1-4-5-6-7-8-9-10-11-12-13-20-36-31(38)27(40-32(36)39)22-26-28(33-25-18-16-23(2)17-19-25)34-29-24(3)15-14-21-35(29)30(26)37/h14-15,21-23,25,33H,4-13,16-20H2,1-3H3. The lowest BCUT2D eigenvalue weighted by Gasteiger charge is -2.28. The van der Waals surface area contributed by atoms with Crippen LogP contribution in [0.15, 0.2) is 28.0 Å². The Morgan fingerprint density at radius 3 is 2.35 bits per heavy atom. The van der Waals surface area contributed by atoms with Crippen LogP contribution in [0.1, 0.15) is 115 Å². The van der Waals surface area contributed by atoms with E-state index in [9.17, 15) is 9.59 Å². The van der Waals surface area contributed by atoms with E-state index in [0.29, 0.717) is 32.8 Å². The van der Waals surface area contributed by atoms with Crippen molar-refractivity contribution in [1.82, 2.24) is 14.3 Å². The van der Waals surface area contributed by atoms with E-state index in [1.54, 1.807) is 21.6 Å². The molecule has 218 valence electrons. The number of rotatable bonds is 14. The molecule has 2 fully saturated rings. The fourth-order valence-electron chi connectivity index (χ4n) is 5.73. The Morgan fingerprint density at radius 2 is 1.68 bits per heavy atom. The average molecular weight is 583 g/mol. The third-order valence-electron chi connectivity index (χ3n) is 8.33. The minimum absolute atomic E-state index is 0.0999. The molecule has 1 aliphatic heterocycles. The van der Waals surface area contributed by atoms with Crippen LogP contribution in [0.3, 0.4) is 0 Å². The first-order valence-corrected chi connectivity index (χ1v) is 16.7. The third-order valence-corrected chi connectivity index (χ3v) is 9.70. The fraction of sp³-hybridized carbons (Fsp3) is 0.625. The molecule has 6 nitrogen and oxygen atoms in total. The number of thiocarbonyl (C=S) groups is 1. The van der Waals surface area contributed by atoms with Crippen molar-refractivity contribution in [1.29, 1.82) is 0 Å². The number of carbonyl (C=O) groups is 1. The van der Waals surface area contributed by atoms with Crippen LogP contribution in [0.4, 0.5) is 5.82 Å². The summed E-state index contributed by atoms with van der Waals surface area (Å²) >= 11 is 6.89. The summed E-state index contributed by atoms with van der Waals surface area (Å²) in [5, 5.41) is 3.58. The second kappa shape index (κ2) is 15.2. The Labute approximate surface area is 249 Å². The molecule has 4 rings (SSSR count). The molecule has 0 aromatic carbocycles. The molecule has 1 saturated carbocycles. The highest BCUT2D eigenvalue weighted by Gasteiger charge is 2.32. The van der Waals surface area contributed by atoms with Crippen molar-refractivity contribution in [3.63, 3.8) is 0 Å². The first-order chi connectivity index (χ1) is 19.4. The maximum atomic E-state index is 13.7. The van der Waals surface area contributed by atoms with Crippen molar-refractivity contribution in [2.24, 2.45) is 5.92 Å². The number of hydrogen-bond acceptors (Lipinski definition) is 6. The number of nitrogens with one attached hydrogen (secondary N) is 1. The zero-order chi connectivity index (χ0) is 28.5. The SMILES string of the molecule is CCCCCCCCCCCCN1C(=O)C(=Cc2c(NC3CCC(C)CC3)nc3c(C)cccn3c2=O)SC1=S. The van der Waals surface area contributed by atoms with Gasteiger partial charge in [0, 0.05) is 18.8 Å². The fourth-order valence-corrected chi connectivity index (χ4v) is 7.02. The molecule has 0 unspecified atom stereocenters. The number of fused-ring (bicyclic) bond motifs is 1. The maximum absolute atomic E-state index is 13.7. The number of pyridine rings is 1. The molecule has 0 atom stereocenters. The minimum Gasteiger partial charge on any atom is -0.367 e. The van der Waals surface area contributed by atoms with Crippen LogP contribution in [0.5, 0.6) is 0 Å². The van der Waals surface area contributed by atoms with Gasteiger partial charge in [0.2, 0.25) is 0 Å². The smallest absolute Gasteiger partial charge is 0.267 e. The molecule has 1 N–H and O–H groups in total. The summed E-state index contributed by atoms with van der Waals surface area (Å²) in [4.78, 5) is 34.2. The molecule has 0 spiro atoms. The molecule has 1 amide bonds. The van der Waals surface area contributed by atoms with Crippen LogP contribution in [-0.4, -0.2) is 37.1 Å². The Bertz CT molecular complexity index is 1260. The molecule has 8 heteroatoms. The van der Waals surface area contributed by atoms with Crippen molar-refractivity contribution in [2.75, 3.05) is 11.9 Å². The second-order valence-electron chi connectivity index (χ2n) is 11.7. The summed E-state index contributed by atoms with van der Waals surface area (Å²) in [7, 11) is 0. The summed E-state index contributed by atoms with van der Waals surface area (Å²) in [6, 6.07) is 4.09. The molecule has 1 saturated heterocycles. The Hall–Kier alpha value is -2.19. The van der Waals surface area contributed by atoms with Crippen molar-refractivity contribution in [3.05, 3.63) is 44.7 Å². The molecule has 2 aliphatic rings. The number of thioether (sulfide) groups is 1. The van der Waals surface area contributed by atoms with E-state index >= 15 is 0 Å². The van der Waals surface area contributed by atoms with Crippen molar-refractivity contribution < 1.29 is 4.79 Å². The van der Waals surface area contributed by atoms with Gasteiger partial charge in [-0.1, -0.05) is 102 Å². The van der Waals surface area contributed by atoms with Crippen LogP contribution in [0, 0.1) is 12.8 Å². The van der Waals surface area contributed by atoms with E-state index in [4.69, 9.17) is 17.2 Å². The van der Waals surface area contributed by atoms with Gasteiger partial charge in [-0.2, -0.15) is 0 Å². The molecule has 1 aliphatic carbocycles. The van der Waals surface area contributed by atoms with Gasteiger partial charge in [-0.3, -0.25) is 18.9 Å². The predicted octanol–water partition coefficient (Wildman–Crippen LogP) is 8.12. The van der Waals surface area contributed by atoms with Crippen LogP contribution < -0.4 is 10.9 Å². The zero-order valence-corrected chi connectivity index (χ0v) is 26.2. The van der Waals surface area contributed by atoms with Gasteiger partial charge in [0.15, 0.2) is 0 Å². The average Bonchev–Trinajstić information content (AvgIpc) is 3.21. The first-order valence-electron chi connectivity index (χ1n) is 15.4. The number of anilines is 1. The normalized spacial score (nSPS) is 20.7. The molecule has 0 radical (unpaired) electrons. The van der Waals surface area contributed by atoms with Crippen molar-refractivity contribution in [2.45, 2.75) is 117 Å². The van der Waals surface area contributed by atoms with Crippen molar-refractivity contribution >= 4 is 51.7 Å². The van der Waals surface area contributed by atoms with Gasteiger partial charge in [0.1, 0.15) is 15.8 Å². The van der Waals surface area contributed by atoms with Crippen LogP contribution in [-0.2, 0) is 4.79 Å². The summed E-state index contributed by atoms with van der Waals surface area (Å²) in [6.07, 6.45) is 20.4. The predicted molar refractivity (Wildman–Crippen MR) is 173 cm³/mol. The summed E-state index contributed by atoms with van der Waals surface area (Å²) in [6.45, 7) is 7.15. The number of hydrogen-bond donors (Lipinski definition) is 1. The largest absolute Gasteiger partial charge is 0.367 e. The highest BCUT2D eigenvalue weighted by atomic mass is 32.2. The molecule has 3 heterocycles. The van der Waals surface area contributed by atoms with Crippen molar-refractivity contribution in [3.8, 4) is 0 Å². The Kier molecular flexibility index (Phi) is 11.7. The molecule has 40 heavy (non-hydrogen) atoms. The number of nitrogens with zero attached hydrogens (tertiary/aromatic N) is 3. The minimum atomic E-state index is -0.166. The lowest BCUT2D eigenvalue weighted by atomic mass is 9.87. The second-order valence-corrected chi connectivity index (χ2v) is 13.4. The van der Waals surface area contributed by atoms with Crippen LogP contribution >= 0.6 is 24.0 Å². The van der Waals surface area contributed by atoms with E-state index in [0.717, 1.165) is 50.0 Å². The topological polar surface area (TPSA) is 66.7 Å². The summed E-state index contributed by atoms with van der Waals surface area (Å²) < 4.78 is 2.16. The van der Waals surface area contributed by atoms with Gasteiger partial charge < -0.3 is 5.32 Å². The third kappa shape index (κ3) is 7.96. The Morgan fingerprint density at radius 1 is 1.02 bits per heavy atom. The van der Waals surface area contributed by atoms with E-state index in [-0.39, 0.29) is 17.5 Å². The maximum Gasteiger partial charge on any atom is 0.267 e. The van der Waals surface area contributed by atoms with Gasteiger partial charge in [-0.15, -0.1) is 0 Å². The van der Waals surface area contributed by atoms with Gasteiger partial charge >= 0.3 is 0 Å². The molecule has 0 bridgehead atoms. The van der Waals surface area contributed by atoms with Gasteiger partial charge in [-0.25, -0.2) is 4.98 Å². The van der Waals surface area contributed by atoms with E-state index < -0.39 is 0 Å². The molecular formula is C32H46N4O2S2. The Balaban J connectivity index is 1.43. The molecule has 2 aromatic heterocycles. The van der Waals surface area contributed by atoms with E-state index in [1.165, 1.54) is 63.1 Å². The lowest BCUT2D eigenvalue weighted by Crippen LogP contribution is -2.30. The highest BCUT2D eigenvalue weighted by Crippen LogP contribution is 2.34. The summed E-state index contributed by atoms with van der Waals surface area (Å²) in [5.74, 6) is 1.20. The monoisotopic (exact) mass is 582 g/mol. The van der Waals surface area contributed by atoms with Gasteiger partial charge in [0.05, 0.1) is 10.5 Å². The van der Waals surface area contributed by atoms with E-state index in [2.05, 4.69) is 19.2 Å². The zero-order valence-electron chi connectivity index (χ0n) is 24.5. The number of aryl methyl sites for hydroxylation is 1. The first kappa shape index (κ1) is 30.8. The number of carbonyl (C=O) groups excluding carboxylic acids is 1. The number of unbranched alkanes of at least 4 members (excludes halogenated alkanes) is 9. The summed E-state index contributed by atoms with van der Waals surface area (Å²) in [5.41, 5.74) is 1.85. The quantitative estimate of drug-likeness (QED) is 0.138. The van der Waals surface area contributed by atoms with Gasteiger partial charge in [-0.05, 0) is 62.7 Å².